The molecule has 188 valence electrons. The summed E-state index contributed by atoms with van der Waals surface area (Å²) in [6, 6.07) is 6.01. The number of hydrogen-bond donors (Lipinski definition) is 1. The summed E-state index contributed by atoms with van der Waals surface area (Å²) in [6.07, 6.45) is -4.71. The first kappa shape index (κ1) is 25.2. The van der Waals surface area contributed by atoms with E-state index in [9.17, 15) is 26.0 Å². The third-order valence-corrected chi connectivity index (χ3v) is 9.80. The molecule has 0 bridgehead atoms. The van der Waals surface area contributed by atoms with Gasteiger partial charge < -0.3 is 15.1 Å². The SMILES string of the molecule is C[C@@H]1CN(c2ccc(S(=O)(=O)N3CCN(c4ccc(F)cc4C(F)(F)F)C[C@H]3C)s2)C[C@H](C)N1. The molecule has 3 atom stereocenters. The molecular formula is C22H28F4N4O2S2. The smallest absolute Gasteiger partial charge is 0.368 e. The minimum absolute atomic E-state index is 0.0348. The van der Waals surface area contributed by atoms with Crippen LogP contribution in [0.2, 0.25) is 0 Å². The number of nitrogens with zero attached hydrogens (tertiary/aromatic N) is 3. The van der Waals surface area contributed by atoms with E-state index >= 15 is 0 Å². The van der Waals surface area contributed by atoms with Crippen LogP contribution in [0.5, 0.6) is 0 Å². The summed E-state index contributed by atoms with van der Waals surface area (Å²) in [4.78, 5) is 3.65. The van der Waals surface area contributed by atoms with Crippen LogP contribution in [-0.2, 0) is 16.2 Å². The Morgan fingerprint density at radius 3 is 2.26 bits per heavy atom. The van der Waals surface area contributed by atoms with E-state index < -0.39 is 33.6 Å². The quantitative estimate of drug-likeness (QED) is 0.618. The third kappa shape index (κ3) is 5.05. The molecule has 12 heteroatoms. The maximum absolute atomic E-state index is 13.5. The van der Waals surface area contributed by atoms with E-state index in [1.165, 1.54) is 20.5 Å². The van der Waals surface area contributed by atoms with Crippen LogP contribution in [0.3, 0.4) is 0 Å². The second-order valence-corrected chi connectivity index (χ2v) is 12.2. The number of piperazine rings is 2. The summed E-state index contributed by atoms with van der Waals surface area (Å²) in [5, 5.41) is 4.33. The summed E-state index contributed by atoms with van der Waals surface area (Å²) >= 11 is 1.22. The Bertz CT molecular complexity index is 1130. The molecule has 2 aromatic rings. The summed E-state index contributed by atoms with van der Waals surface area (Å²) in [5.41, 5.74) is -1.20. The molecule has 2 fully saturated rings. The van der Waals surface area contributed by atoms with Crippen molar-refractivity contribution in [2.24, 2.45) is 0 Å². The van der Waals surface area contributed by atoms with Gasteiger partial charge in [0.1, 0.15) is 10.0 Å². The summed E-state index contributed by atoms with van der Waals surface area (Å²) in [6.45, 7) is 7.57. The summed E-state index contributed by atoms with van der Waals surface area (Å²) in [7, 11) is -3.81. The number of nitrogens with one attached hydrogen (secondary N) is 1. The van der Waals surface area contributed by atoms with E-state index in [4.69, 9.17) is 0 Å². The average Bonchev–Trinajstić information content (AvgIpc) is 3.23. The highest BCUT2D eigenvalue weighted by molar-refractivity contribution is 7.91. The zero-order chi connectivity index (χ0) is 24.8. The number of alkyl halides is 3. The summed E-state index contributed by atoms with van der Waals surface area (Å²) in [5.74, 6) is -0.966. The maximum Gasteiger partial charge on any atom is 0.418 e. The van der Waals surface area contributed by atoms with E-state index in [-0.39, 0.29) is 41.6 Å². The molecule has 34 heavy (non-hydrogen) atoms. The monoisotopic (exact) mass is 520 g/mol. The Balaban J connectivity index is 1.52. The van der Waals surface area contributed by atoms with Crippen molar-refractivity contribution in [2.45, 2.75) is 49.3 Å². The Morgan fingerprint density at radius 1 is 0.971 bits per heavy atom. The van der Waals surface area contributed by atoms with Gasteiger partial charge in [-0.05, 0) is 51.1 Å². The Labute approximate surface area is 201 Å². The van der Waals surface area contributed by atoms with E-state index in [0.29, 0.717) is 6.07 Å². The minimum atomic E-state index is -4.71. The van der Waals surface area contributed by atoms with Gasteiger partial charge in [-0.25, -0.2) is 12.8 Å². The normalized spacial score (nSPS) is 25.1. The van der Waals surface area contributed by atoms with Gasteiger partial charge in [-0.3, -0.25) is 0 Å². The number of rotatable bonds is 4. The van der Waals surface area contributed by atoms with E-state index in [1.54, 1.807) is 13.0 Å². The van der Waals surface area contributed by atoms with Crippen molar-refractivity contribution in [2.75, 3.05) is 42.5 Å². The molecule has 2 aliphatic rings. The lowest BCUT2D eigenvalue weighted by Gasteiger charge is -2.40. The molecule has 0 saturated carbocycles. The van der Waals surface area contributed by atoms with Gasteiger partial charge in [0.25, 0.3) is 10.0 Å². The summed E-state index contributed by atoms with van der Waals surface area (Å²) < 4.78 is 82.2. The lowest BCUT2D eigenvalue weighted by molar-refractivity contribution is -0.137. The first-order valence-corrected chi connectivity index (χ1v) is 13.4. The van der Waals surface area contributed by atoms with Crippen molar-refractivity contribution in [3.8, 4) is 0 Å². The van der Waals surface area contributed by atoms with E-state index in [0.717, 1.165) is 30.2 Å². The topological polar surface area (TPSA) is 55.9 Å². The maximum atomic E-state index is 13.5. The standard InChI is InChI=1S/C22H28F4N4O2S2/c1-14-11-29(12-15(2)27-14)20-6-7-21(33-20)34(31,32)30-9-8-28(13-16(30)3)19-5-4-17(23)10-18(19)22(24,25)26/h4-7,10,14-16,27H,8-9,11-13H2,1-3H3/t14-,15+,16-/m1/s1. The van der Waals surface area contributed by atoms with Gasteiger partial charge in [0, 0.05) is 56.5 Å². The number of sulfonamides is 1. The largest absolute Gasteiger partial charge is 0.418 e. The number of halogens is 4. The third-order valence-electron chi connectivity index (χ3n) is 6.17. The first-order chi connectivity index (χ1) is 15.9. The molecular weight excluding hydrogens is 492 g/mol. The van der Waals surface area contributed by atoms with Gasteiger partial charge in [-0.1, -0.05) is 0 Å². The van der Waals surface area contributed by atoms with Crippen LogP contribution in [0.25, 0.3) is 0 Å². The van der Waals surface area contributed by atoms with Crippen LogP contribution >= 0.6 is 11.3 Å². The highest BCUT2D eigenvalue weighted by atomic mass is 32.2. The van der Waals surface area contributed by atoms with Crippen LogP contribution in [0.15, 0.2) is 34.5 Å². The molecule has 0 unspecified atom stereocenters. The van der Waals surface area contributed by atoms with Gasteiger partial charge in [0.2, 0.25) is 0 Å². The highest BCUT2D eigenvalue weighted by Crippen LogP contribution is 2.39. The molecule has 6 nitrogen and oxygen atoms in total. The second-order valence-electron chi connectivity index (χ2n) is 9.04. The molecule has 4 rings (SSSR count). The van der Waals surface area contributed by atoms with Crippen LogP contribution in [-0.4, -0.2) is 63.6 Å². The molecule has 1 aromatic heterocycles. The average molecular weight is 521 g/mol. The van der Waals surface area contributed by atoms with E-state index in [1.807, 2.05) is 6.07 Å². The number of benzene rings is 1. The molecule has 0 radical (unpaired) electrons. The van der Waals surface area contributed by atoms with Gasteiger partial charge >= 0.3 is 6.18 Å². The zero-order valence-electron chi connectivity index (χ0n) is 19.1. The molecule has 3 heterocycles. The van der Waals surface area contributed by atoms with Crippen LogP contribution in [0.1, 0.15) is 26.3 Å². The van der Waals surface area contributed by atoms with Crippen molar-refractivity contribution in [1.29, 1.82) is 0 Å². The molecule has 0 spiro atoms. The number of anilines is 2. The fourth-order valence-electron chi connectivity index (χ4n) is 4.77. The van der Waals surface area contributed by atoms with Crippen molar-refractivity contribution in [3.63, 3.8) is 0 Å². The molecule has 2 aliphatic heterocycles. The minimum Gasteiger partial charge on any atom is -0.368 e. The fraction of sp³-hybridized carbons (Fsp3) is 0.545. The van der Waals surface area contributed by atoms with E-state index in [2.05, 4.69) is 24.1 Å². The Kier molecular flexibility index (Phi) is 6.89. The van der Waals surface area contributed by atoms with Gasteiger partial charge in [-0.15, -0.1) is 11.3 Å². The number of thiophene rings is 1. The van der Waals surface area contributed by atoms with Crippen molar-refractivity contribution in [3.05, 3.63) is 41.7 Å². The van der Waals surface area contributed by atoms with Gasteiger partial charge in [0.15, 0.2) is 0 Å². The van der Waals surface area contributed by atoms with Crippen molar-refractivity contribution >= 4 is 32.0 Å². The molecule has 0 amide bonds. The number of hydrogen-bond acceptors (Lipinski definition) is 6. The van der Waals surface area contributed by atoms with Crippen molar-refractivity contribution in [1.82, 2.24) is 9.62 Å². The first-order valence-electron chi connectivity index (χ1n) is 11.1. The lowest BCUT2D eigenvalue weighted by atomic mass is 10.1. The van der Waals surface area contributed by atoms with Crippen LogP contribution in [0.4, 0.5) is 28.3 Å². The van der Waals surface area contributed by atoms with Gasteiger partial charge in [0.05, 0.1) is 10.6 Å². The zero-order valence-corrected chi connectivity index (χ0v) is 20.8. The molecule has 2 saturated heterocycles. The Hall–Kier alpha value is -1.89. The Morgan fingerprint density at radius 2 is 1.65 bits per heavy atom. The fourth-order valence-corrected chi connectivity index (χ4v) is 7.82. The molecule has 0 aliphatic carbocycles. The lowest BCUT2D eigenvalue weighted by Crippen LogP contribution is -2.54. The molecule has 1 aromatic carbocycles. The molecule has 1 N–H and O–H groups in total. The predicted molar refractivity (Wildman–Crippen MR) is 126 cm³/mol. The second kappa shape index (κ2) is 9.29. The van der Waals surface area contributed by atoms with Gasteiger partial charge in [-0.2, -0.15) is 17.5 Å². The predicted octanol–water partition coefficient (Wildman–Crippen LogP) is 3.99. The van der Waals surface area contributed by atoms with Crippen molar-refractivity contribution < 1.29 is 26.0 Å². The van der Waals surface area contributed by atoms with Crippen LogP contribution < -0.4 is 15.1 Å². The van der Waals surface area contributed by atoms with Crippen LogP contribution in [0, 0.1) is 5.82 Å². The highest BCUT2D eigenvalue weighted by Gasteiger charge is 2.39.